The van der Waals surface area contributed by atoms with Crippen LogP contribution >= 0.6 is 0 Å². The third-order valence-corrected chi connectivity index (χ3v) is 6.70. The van der Waals surface area contributed by atoms with Crippen molar-refractivity contribution in [3.8, 4) is 11.1 Å². The molecule has 0 aromatic heterocycles. The van der Waals surface area contributed by atoms with Crippen molar-refractivity contribution in [3.05, 3.63) is 71.3 Å². The molecule has 2 aliphatic heterocycles. The quantitative estimate of drug-likeness (QED) is 0.458. The molecule has 1 amide bonds. The van der Waals surface area contributed by atoms with Crippen LogP contribution in [0.5, 0.6) is 0 Å². The van der Waals surface area contributed by atoms with Crippen molar-refractivity contribution >= 4 is 6.09 Å². The second-order valence-corrected chi connectivity index (χ2v) is 8.65. The highest BCUT2D eigenvalue weighted by Crippen LogP contribution is 2.44. The summed E-state index contributed by atoms with van der Waals surface area (Å²) in [4.78, 5) is 15.0. The Labute approximate surface area is 182 Å². The average molecular weight is 422 g/mol. The van der Waals surface area contributed by atoms with Gasteiger partial charge in [0.25, 0.3) is 0 Å². The number of alkyl halides is 1. The van der Waals surface area contributed by atoms with Crippen molar-refractivity contribution in [3.63, 3.8) is 0 Å². The number of morpholine rings is 1. The predicted molar refractivity (Wildman–Crippen MR) is 118 cm³/mol. The lowest BCUT2D eigenvalue weighted by atomic mass is 9.91. The van der Waals surface area contributed by atoms with Crippen molar-refractivity contribution in [1.29, 1.82) is 0 Å². The normalized spacial score (nSPS) is 22.0. The number of hydrogen-bond acceptors (Lipinski definition) is 3. The van der Waals surface area contributed by atoms with E-state index in [0.717, 1.165) is 19.3 Å². The molecule has 162 valence electrons. The zero-order valence-electron chi connectivity index (χ0n) is 17.6. The van der Waals surface area contributed by atoms with Gasteiger partial charge in [-0.3, -0.25) is 9.29 Å². The van der Waals surface area contributed by atoms with E-state index < -0.39 is 0 Å². The van der Waals surface area contributed by atoms with E-state index in [1.54, 1.807) is 0 Å². The van der Waals surface area contributed by atoms with Crippen molar-refractivity contribution in [1.82, 2.24) is 4.90 Å². The van der Waals surface area contributed by atoms with Gasteiger partial charge in [-0.1, -0.05) is 60.2 Å². The molecule has 31 heavy (non-hydrogen) atoms. The van der Waals surface area contributed by atoms with Gasteiger partial charge in [-0.2, -0.15) is 0 Å². The maximum atomic E-state index is 13.1. The third kappa shape index (κ3) is 3.87. The summed E-state index contributed by atoms with van der Waals surface area (Å²) < 4.78 is 24.0. The molecular weight excluding hydrogens is 393 g/mol. The molecule has 0 radical (unpaired) electrons. The minimum atomic E-state index is -0.269. The van der Waals surface area contributed by atoms with E-state index in [2.05, 4.69) is 42.5 Å². The summed E-state index contributed by atoms with van der Waals surface area (Å²) in [7, 11) is 0. The van der Waals surface area contributed by atoms with E-state index in [-0.39, 0.29) is 30.8 Å². The lowest BCUT2D eigenvalue weighted by Gasteiger charge is -2.44. The summed E-state index contributed by atoms with van der Waals surface area (Å²) in [5.41, 5.74) is 6.20. The highest BCUT2D eigenvalue weighted by atomic mass is 19.1. The van der Waals surface area contributed by atoms with Crippen LogP contribution in [0, 0.1) is 0 Å². The number of benzene rings is 2. The lowest BCUT2D eigenvalue weighted by molar-refractivity contribution is -0.0365. The van der Waals surface area contributed by atoms with E-state index in [4.69, 9.17) is 9.47 Å². The van der Waals surface area contributed by atoms with Gasteiger partial charge >= 0.3 is 6.09 Å². The van der Waals surface area contributed by atoms with Crippen molar-refractivity contribution in [2.75, 3.05) is 26.5 Å². The Bertz CT molecular complexity index is 943. The zero-order valence-corrected chi connectivity index (χ0v) is 17.6. The summed E-state index contributed by atoms with van der Waals surface area (Å²) in [5, 5.41) is 0. The van der Waals surface area contributed by atoms with Gasteiger partial charge in [-0.15, -0.1) is 0 Å². The second kappa shape index (κ2) is 8.83. The topological polar surface area (TPSA) is 38.8 Å². The largest absolute Gasteiger partial charge is 0.448 e. The maximum Gasteiger partial charge on any atom is 0.410 e. The fourth-order valence-corrected chi connectivity index (χ4v) is 5.27. The molecule has 1 aliphatic carbocycles. The summed E-state index contributed by atoms with van der Waals surface area (Å²) in [6, 6.07) is 16.6. The SMILES string of the molecule is O=C(OCC1c2ccccc2-c2ccccc21)N1C2C=C(CCCCF)CC1COC2. The first-order valence-electron chi connectivity index (χ1n) is 11.2. The zero-order chi connectivity index (χ0) is 21.2. The summed E-state index contributed by atoms with van der Waals surface area (Å²) in [6.45, 7) is 1.08. The number of carbonyl (C=O) groups is 1. The molecular formula is C26H28FNO3. The van der Waals surface area contributed by atoms with Crippen LogP contribution in [-0.4, -0.2) is 49.6 Å². The molecule has 2 atom stereocenters. The van der Waals surface area contributed by atoms with Crippen molar-refractivity contribution in [2.24, 2.45) is 0 Å². The van der Waals surface area contributed by atoms with Gasteiger partial charge in [0.05, 0.1) is 32.0 Å². The van der Waals surface area contributed by atoms with E-state index in [0.29, 0.717) is 26.2 Å². The van der Waals surface area contributed by atoms with Crippen molar-refractivity contribution in [2.45, 2.75) is 43.7 Å². The van der Waals surface area contributed by atoms with E-state index in [1.807, 2.05) is 17.0 Å². The molecule has 2 heterocycles. The first-order valence-corrected chi connectivity index (χ1v) is 11.2. The van der Waals surface area contributed by atoms with Crippen LogP contribution < -0.4 is 0 Å². The Morgan fingerprint density at radius 2 is 1.74 bits per heavy atom. The number of rotatable bonds is 6. The molecule has 2 aromatic rings. The fourth-order valence-electron chi connectivity index (χ4n) is 5.27. The molecule has 0 saturated carbocycles. The number of hydrogen-bond donors (Lipinski definition) is 0. The number of amides is 1. The second-order valence-electron chi connectivity index (χ2n) is 8.65. The van der Waals surface area contributed by atoms with Crippen LogP contribution in [0.2, 0.25) is 0 Å². The summed E-state index contributed by atoms with van der Waals surface area (Å²) in [6.07, 6.45) is 5.00. The maximum absolute atomic E-state index is 13.1. The monoisotopic (exact) mass is 421 g/mol. The van der Waals surface area contributed by atoms with E-state index in [9.17, 15) is 9.18 Å². The van der Waals surface area contributed by atoms with E-state index >= 15 is 0 Å². The highest BCUT2D eigenvalue weighted by molar-refractivity contribution is 5.79. The van der Waals surface area contributed by atoms with Crippen LogP contribution in [0.1, 0.15) is 42.7 Å². The molecule has 5 heteroatoms. The molecule has 1 fully saturated rings. The number of ether oxygens (including phenoxy) is 2. The van der Waals surface area contributed by atoms with Gasteiger partial charge in [-0.25, -0.2) is 4.79 Å². The fraction of sp³-hybridized carbons (Fsp3) is 0.423. The third-order valence-electron chi connectivity index (χ3n) is 6.70. The Balaban J connectivity index is 1.29. The average Bonchev–Trinajstić information content (AvgIpc) is 3.11. The molecule has 3 aliphatic rings. The van der Waals surface area contributed by atoms with Gasteiger partial charge in [0, 0.05) is 5.92 Å². The molecule has 5 rings (SSSR count). The van der Waals surface area contributed by atoms with Crippen LogP contribution in [-0.2, 0) is 9.47 Å². The molecule has 2 bridgehead atoms. The van der Waals surface area contributed by atoms with Crippen LogP contribution in [0.4, 0.5) is 9.18 Å². The van der Waals surface area contributed by atoms with Crippen LogP contribution in [0.15, 0.2) is 60.2 Å². The Kier molecular flexibility index (Phi) is 5.77. The number of nitrogens with zero attached hydrogens (tertiary/aromatic N) is 1. The molecule has 1 saturated heterocycles. The Hall–Kier alpha value is -2.66. The van der Waals surface area contributed by atoms with Gasteiger partial charge < -0.3 is 9.47 Å². The van der Waals surface area contributed by atoms with Crippen LogP contribution in [0.25, 0.3) is 11.1 Å². The number of halogens is 1. The minimum absolute atomic E-state index is 0.000206. The Morgan fingerprint density at radius 3 is 2.42 bits per heavy atom. The highest BCUT2D eigenvalue weighted by Gasteiger charge is 2.39. The summed E-state index contributed by atoms with van der Waals surface area (Å²) >= 11 is 0. The van der Waals surface area contributed by atoms with Crippen LogP contribution in [0.3, 0.4) is 0 Å². The summed E-state index contributed by atoms with van der Waals surface area (Å²) in [5.74, 6) is 0.0593. The molecule has 4 nitrogen and oxygen atoms in total. The number of unbranched alkanes of at least 4 members (excludes halogenated alkanes) is 1. The minimum Gasteiger partial charge on any atom is -0.448 e. The Morgan fingerprint density at radius 1 is 1.03 bits per heavy atom. The first-order chi connectivity index (χ1) is 15.3. The lowest BCUT2D eigenvalue weighted by Crippen LogP contribution is -2.56. The number of carbonyl (C=O) groups excluding carboxylic acids is 1. The predicted octanol–water partition coefficient (Wildman–Crippen LogP) is 5.47. The number of fused-ring (bicyclic) bond motifs is 5. The molecule has 2 unspecified atom stereocenters. The molecule has 2 aromatic carbocycles. The van der Waals surface area contributed by atoms with Gasteiger partial charge in [-0.05, 0) is 47.9 Å². The molecule has 0 N–H and O–H groups in total. The first kappa shape index (κ1) is 20.3. The smallest absolute Gasteiger partial charge is 0.410 e. The van der Waals surface area contributed by atoms with Crippen molar-refractivity contribution < 1.29 is 18.7 Å². The van der Waals surface area contributed by atoms with E-state index in [1.165, 1.54) is 27.8 Å². The van der Waals surface area contributed by atoms with Gasteiger partial charge in [0.2, 0.25) is 0 Å². The van der Waals surface area contributed by atoms with Gasteiger partial charge in [0.15, 0.2) is 0 Å². The molecule has 0 spiro atoms. The standard InChI is InChI=1S/C26H28FNO3/c27-12-6-5-7-18-13-19-15-30-16-20(14-18)28(19)26(29)31-17-25-23-10-3-1-8-21(23)22-9-2-4-11-24(22)25/h1-4,8-11,13,19-20,25H,5-7,12,14-17H2. The van der Waals surface area contributed by atoms with Gasteiger partial charge in [0.1, 0.15) is 6.61 Å².